The van der Waals surface area contributed by atoms with Crippen LogP contribution in [0.15, 0.2) is 18.2 Å². The maximum Gasteiger partial charge on any atom is 0.321 e. The molecule has 86 valence electrons. The molecule has 1 aliphatic rings. The lowest BCUT2D eigenvalue weighted by Crippen LogP contribution is -2.32. The first kappa shape index (κ1) is 11.2. The van der Waals surface area contributed by atoms with E-state index >= 15 is 0 Å². The third-order valence-corrected chi connectivity index (χ3v) is 2.88. The number of amides is 2. The van der Waals surface area contributed by atoms with E-state index in [0.29, 0.717) is 0 Å². The van der Waals surface area contributed by atoms with Crippen LogP contribution in [0.1, 0.15) is 12.8 Å². The summed E-state index contributed by atoms with van der Waals surface area (Å²) in [6.45, 7) is 1.46. The van der Waals surface area contributed by atoms with Gasteiger partial charge in [0.15, 0.2) is 5.82 Å². The molecular formula is C11H12ClFN2O. The lowest BCUT2D eigenvalue weighted by atomic mass is 10.3. The Bertz CT molecular complexity index is 405. The molecule has 1 fully saturated rings. The molecule has 0 aromatic heterocycles. The molecule has 0 bridgehead atoms. The van der Waals surface area contributed by atoms with Crippen LogP contribution in [0.2, 0.25) is 5.02 Å². The number of hydrogen-bond donors (Lipinski definition) is 1. The van der Waals surface area contributed by atoms with Crippen LogP contribution in [-0.4, -0.2) is 24.0 Å². The number of likely N-dealkylation sites (tertiary alicyclic amines) is 1. The minimum atomic E-state index is -0.586. The third kappa shape index (κ3) is 2.27. The number of nitrogens with one attached hydrogen (secondary N) is 1. The Balaban J connectivity index is 2.08. The summed E-state index contributed by atoms with van der Waals surface area (Å²) in [5, 5.41) is 2.53. The molecule has 2 amide bonds. The molecule has 1 heterocycles. The summed E-state index contributed by atoms with van der Waals surface area (Å²) in [5.41, 5.74) is 0.129. The Kier molecular flexibility index (Phi) is 3.29. The monoisotopic (exact) mass is 242 g/mol. The molecule has 1 aromatic carbocycles. The van der Waals surface area contributed by atoms with E-state index in [1.165, 1.54) is 12.1 Å². The van der Waals surface area contributed by atoms with Gasteiger partial charge >= 0.3 is 6.03 Å². The fourth-order valence-electron chi connectivity index (χ4n) is 1.71. The van der Waals surface area contributed by atoms with Crippen LogP contribution in [-0.2, 0) is 0 Å². The molecule has 0 saturated carbocycles. The molecule has 1 saturated heterocycles. The van der Waals surface area contributed by atoms with E-state index in [2.05, 4.69) is 5.32 Å². The van der Waals surface area contributed by atoms with Crippen LogP contribution in [0.5, 0.6) is 0 Å². The first-order valence-corrected chi connectivity index (χ1v) is 5.56. The molecule has 1 aliphatic heterocycles. The maximum absolute atomic E-state index is 13.5. The van der Waals surface area contributed by atoms with Gasteiger partial charge in [0.25, 0.3) is 0 Å². The molecule has 1 N–H and O–H groups in total. The highest BCUT2D eigenvalue weighted by molar-refractivity contribution is 6.31. The zero-order valence-corrected chi connectivity index (χ0v) is 9.43. The first-order valence-electron chi connectivity index (χ1n) is 5.18. The number of carbonyl (C=O) groups excluding carboxylic acids is 1. The van der Waals surface area contributed by atoms with Crippen molar-refractivity contribution in [1.29, 1.82) is 0 Å². The molecule has 1 aromatic rings. The second kappa shape index (κ2) is 4.70. The predicted octanol–water partition coefficient (Wildman–Crippen LogP) is 3.11. The van der Waals surface area contributed by atoms with Gasteiger partial charge in [-0.3, -0.25) is 0 Å². The lowest BCUT2D eigenvalue weighted by Gasteiger charge is -2.16. The minimum Gasteiger partial charge on any atom is -0.325 e. The summed E-state index contributed by atoms with van der Waals surface area (Å²) in [6.07, 6.45) is 2.01. The fraction of sp³-hybridized carbons (Fsp3) is 0.364. The molecular weight excluding hydrogens is 231 g/mol. The Morgan fingerprint density at radius 3 is 2.75 bits per heavy atom. The largest absolute Gasteiger partial charge is 0.325 e. The lowest BCUT2D eigenvalue weighted by molar-refractivity contribution is 0.222. The molecule has 16 heavy (non-hydrogen) atoms. The molecule has 0 spiro atoms. The fourth-order valence-corrected chi connectivity index (χ4v) is 1.89. The molecule has 3 nitrogen and oxygen atoms in total. The van der Waals surface area contributed by atoms with Gasteiger partial charge in [0.05, 0.1) is 10.7 Å². The van der Waals surface area contributed by atoms with E-state index in [1.807, 2.05) is 0 Å². The van der Waals surface area contributed by atoms with Gasteiger partial charge in [-0.1, -0.05) is 17.7 Å². The third-order valence-electron chi connectivity index (χ3n) is 2.59. The number of carbonyl (C=O) groups is 1. The van der Waals surface area contributed by atoms with Crippen LogP contribution in [0.3, 0.4) is 0 Å². The highest BCUT2D eigenvalue weighted by atomic mass is 35.5. The average molecular weight is 243 g/mol. The van der Waals surface area contributed by atoms with Gasteiger partial charge in [0.1, 0.15) is 0 Å². The zero-order chi connectivity index (χ0) is 11.5. The standard InChI is InChI=1S/C11H12ClFN2O/c12-8-4-3-5-9(10(8)13)14-11(16)15-6-1-2-7-15/h3-5H,1-2,6-7H2,(H,14,16). The average Bonchev–Trinajstić information content (AvgIpc) is 2.78. The summed E-state index contributed by atoms with van der Waals surface area (Å²) in [4.78, 5) is 13.4. The summed E-state index contributed by atoms with van der Waals surface area (Å²) in [7, 11) is 0. The van der Waals surface area contributed by atoms with Crippen LogP contribution in [0.4, 0.5) is 14.9 Å². The highest BCUT2D eigenvalue weighted by Crippen LogP contribution is 2.22. The van der Waals surface area contributed by atoms with Crippen molar-refractivity contribution in [1.82, 2.24) is 4.90 Å². The number of urea groups is 1. The van der Waals surface area contributed by atoms with Crippen molar-refractivity contribution in [2.24, 2.45) is 0 Å². The van der Waals surface area contributed by atoms with Crippen LogP contribution in [0, 0.1) is 5.82 Å². The highest BCUT2D eigenvalue weighted by Gasteiger charge is 2.19. The van der Waals surface area contributed by atoms with Gasteiger partial charge in [-0.05, 0) is 25.0 Å². The molecule has 0 unspecified atom stereocenters. The number of benzene rings is 1. The topological polar surface area (TPSA) is 32.3 Å². The number of nitrogens with zero attached hydrogens (tertiary/aromatic N) is 1. The summed E-state index contributed by atoms with van der Waals surface area (Å²) in [6, 6.07) is 4.28. The number of anilines is 1. The van der Waals surface area contributed by atoms with Crippen molar-refractivity contribution in [2.75, 3.05) is 18.4 Å². The smallest absolute Gasteiger partial charge is 0.321 e. The SMILES string of the molecule is O=C(Nc1cccc(Cl)c1F)N1CCCC1. The number of hydrogen-bond acceptors (Lipinski definition) is 1. The second-order valence-electron chi connectivity index (χ2n) is 3.73. The van der Waals surface area contributed by atoms with Crippen LogP contribution in [0.25, 0.3) is 0 Å². The van der Waals surface area contributed by atoms with Crippen molar-refractivity contribution >= 4 is 23.3 Å². The normalized spacial score (nSPS) is 15.2. The van der Waals surface area contributed by atoms with E-state index in [1.54, 1.807) is 11.0 Å². The van der Waals surface area contributed by atoms with Gasteiger partial charge < -0.3 is 10.2 Å². The molecule has 0 radical (unpaired) electrons. The van der Waals surface area contributed by atoms with E-state index < -0.39 is 5.82 Å². The van der Waals surface area contributed by atoms with Gasteiger partial charge in [-0.2, -0.15) is 0 Å². The van der Waals surface area contributed by atoms with Gasteiger partial charge in [0.2, 0.25) is 0 Å². The van der Waals surface area contributed by atoms with Gasteiger partial charge in [-0.15, -0.1) is 0 Å². The van der Waals surface area contributed by atoms with E-state index in [0.717, 1.165) is 25.9 Å². The Morgan fingerprint density at radius 2 is 2.06 bits per heavy atom. The van der Waals surface area contributed by atoms with Crippen molar-refractivity contribution in [3.8, 4) is 0 Å². The van der Waals surface area contributed by atoms with Crippen molar-refractivity contribution < 1.29 is 9.18 Å². The molecule has 0 aliphatic carbocycles. The summed E-state index contributed by atoms with van der Waals surface area (Å²) in [5.74, 6) is -0.586. The Morgan fingerprint density at radius 1 is 1.38 bits per heavy atom. The molecule has 5 heteroatoms. The van der Waals surface area contributed by atoms with Crippen LogP contribution < -0.4 is 5.32 Å². The van der Waals surface area contributed by atoms with Crippen molar-refractivity contribution in [3.63, 3.8) is 0 Å². The molecule has 2 rings (SSSR count). The Hall–Kier alpha value is -1.29. The molecule has 0 atom stereocenters. The Labute approximate surface area is 98.2 Å². The predicted molar refractivity (Wildman–Crippen MR) is 61.2 cm³/mol. The quantitative estimate of drug-likeness (QED) is 0.806. The van der Waals surface area contributed by atoms with Gasteiger partial charge in [0, 0.05) is 13.1 Å². The van der Waals surface area contributed by atoms with Crippen molar-refractivity contribution in [2.45, 2.75) is 12.8 Å². The van der Waals surface area contributed by atoms with E-state index in [-0.39, 0.29) is 16.7 Å². The van der Waals surface area contributed by atoms with E-state index in [4.69, 9.17) is 11.6 Å². The van der Waals surface area contributed by atoms with E-state index in [9.17, 15) is 9.18 Å². The van der Waals surface area contributed by atoms with Gasteiger partial charge in [-0.25, -0.2) is 9.18 Å². The minimum absolute atomic E-state index is 0.0132. The summed E-state index contributed by atoms with van der Waals surface area (Å²) >= 11 is 5.62. The second-order valence-corrected chi connectivity index (χ2v) is 4.13. The maximum atomic E-state index is 13.5. The van der Waals surface area contributed by atoms with Crippen molar-refractivity contribution in [3.05, 3.63) is 29.0 Å². The zero-order valence-electron chi connectivity index (χ0n) is 8.67. The summed E-state index contributed by atoms with van der Waals surface area (Å²) < 4.78 is 13.5. The van der Waals surface area contributed by atoms with Crippen LogP contribution >= 0.6 is 11.6 Å². The number of halogens is 2. The first-order chi connectivity index (χ1) is 7.68. The number of rotatable bonds is 1.